The van der Waals surface area contributed by atoms with Crippen molar-refractivity contribution < 1.29 is 47.3 Å². The molecule has 0 aliphatic rings. The van der Waals surface area contributed by atoms with Gasteiger partial charge in [-0.15, -0.1) is 0 Å². The van der Waals surface area contributed by atoms with Gasteiger partial charge < -0.3 is 24.5 Å². The van der Waals surface area contributed by atoms with E-state index in [0.29, 0.717) is 0 Å². The van der Waals surface area contributed by atoms with Crippen molar-refractivity contribution >= 4 is 83.8 Å². The first-order valence-electron chi connectivity index (χ1n) is 1.83. The van der Waals surface area contributed by atoms with Crippen molar-refractivity contribution in [1.29, 1.82) is 0 Å². The van der Waals surface area contributed by atoms with Gasteiger partial charge in [-0.05, 0) is 0 Å². The van der Waals surface area contributed by atoms with Crippen molar-refractivity contribution in [2.75, 3.05) is 0 Å². The van der Waals surface area contributed by atoms with Gasteiger partial charge in [0.1, 0.15) is 0 Å². The Hall–Kier alpha value is 1.60. The van der Waals surface area contributed by atoms with E-state index in [0.717, 1.165) is 0 Å². The predicted octanol–water partition coefficient (Wildman–Crippen LogP) is -2.99. The van der Waals surface area contributed by atoms with Gasteiger partial charge in [0.2, 0.25) is 0 Å². The molecule has 17 heteroatoms. The van der Waals surface area contributed by atoms with Crippen molar-refractivity contribution in [1.82, 2.24) is 0 Å². The van der Waals surface area contributed by atoms with Gasteiger partial charge in [-0.2, -0.15) is 0 Å². The quantitative estimate of drug-likeness (QED) is 0.314. The SMILES string of the molecule is O=P[O-].O=P[O-].O=P[O-].O=P[O-].O=P[O-].[Al+3].[Mg+2]. The summed E-state index contributed by atoms with van der Waals surface area (Å²) in [4.78, 5) is 41.7. The minimum atomic E-state index is -1.08. The Kier molecular flexibility index (Phi) is 280. The van der Waals surface area contributed by atoms with Crippen molar-refractivity contribution in [2.24, 2.45) is 0 Å². The second-order valence-electron chi connectivity index (χ2n) is 0.373. The molecule has 0 amide bonds. The molecule has 0 unspecified atom stereocenters. The first-order valence-corrected chi connectivity index (χ1v) is 5.48. The molecule has 0 spiro atoms. The standard InChI is InChI=1S/Al.Mg.5HO2P/c;;5*1-3-2/h;;5*(H,1,2)/q+3;+2;;;;;/p-5. The van der Waals surface area contributed by atoms with Crippen LogP contribution >= 0.6 is 43.4 Å². The first kappa shape index (κ1) is 42.8. The van der Waals surface area contributed by atoms with Gasteiger partial charge in [0.15, 0.2) is 0 Å². The molecule has 0 N–H and O–H groups in total. The first-order chi connectivity index (χ1) is 7.07. The topological polar surface area (TPSA) is 201 Å². The molecule has 0 atom stereocenters. The second kappa shape index (κ2) is 111. The molecule has 0 saturated carbocycles. The molecule has 0 rings (SSSR count). The van der Waals surface area contributed by atoms with Crippen LogP contribution in [0, 0.1) is 0 Å². The van der Waals surface area contributed by atoms with Crippen LogP contribution in [0.3, 0.4) is 0 Å². The molecule has 0 heterocycles. The Morgan fingerprint density at radius 3 is 0.471 bits per heavy atom. The van der Waals surface area contributed by atoms with Crippen molar-refractivity contribution in [3.05, 3.63) is 0 Å². The maximum absolute atomic E-state index is 8.35. The fourth-order valence-corrected chi connectivity index (χ4v) is 0. The molecule has 0 radical (unpaired) electrons. The molecule has 17 heavy (non-hydrogen) atoms. The van der Waals surface area contributed by atoms with E-state index in [-0.39, 0.29) is 40.4 Å². The minimum absolute atomic E-state index is 0. The normalized spacial score (nSPS) is 6.18. The predicted molar refractivity (Wildman–Crippen MR) is 49.5 cm³/mol. The molecular formula is AlMgO10P5. The van der Waals surface area contributed by atoms with E-state index in [9.17, 15) is 0 Å². The summed E-state index contributed by atoms with van der Waals surface area (Å²) in [5.41, 5.74) is 0. The van der Waals surface area contributed by atoms with Gasteiger partial charge in [0.25, 0.3) is 0 Å². The molecule has 0 fully saturated rings. The van der Waals surface area contributed by atoms with Crippen LogP contribution in [-0.4, -0.2) is 40.4 Å². The van der Waals surface area contributed by atoms with Gasteiger partial charge in [-0.3, -0.25) is 22.8 Å². The Bertz CT molecular complexity index is 97.0. The van der Waals surface area contributed by atoms with Crippen LogP contribution in [0.15, 0.2) is 0 Å². The maximum atomic E-state index is 8.35. The zero-order valence-electron chi connectivity index (χ0n) is 7.60. The average molecular weight is 366 g/mol. The Labute approximate surface area is 131 Å². The maximum Gasteiger partial charge on any atom is 3.00 e. The summed E-state index contributed by atoms with van der Waals surface area (Å²) >= 11 is 0. The van der Waals surface area contributed by atoms with E-state index in [1.807, 2.05) is 0 Å². The second-order valence-corrected chi connectivity index (χ2v) is 1.12. The summed E-state index contributed by atoms with van der Waals surface area (Å²) in [6.07, 6.45) is 0. The smallest absolute Gasteiger partial charge is 0.772 e. The molecule has 10 nitrogen and oxygen atoms in total. The third-order valence-electron chi connectivity index (χ3n) is 0. The van der Waals surface area contributed by atoms with Crippen LogP contribution < -0.4 is 24.5 Å². The van der Waals surface area contributed by atoms with Crippen LogP contribution in [0.5, 0.6) is 0 Å². The Morgan fingerprint density at radius 1 is 0.471 bits per heavy atom. The molecule has 0 aliphatic carbocycles. The largest absolute Gasteiger partial charge is 3.00 e. The van der Waals surface area contributed by atoms with Crippen LogP contribution in [0.4, 0.5) is 0 Å². The van der Waals surface area contributed by atoms with Gasteiger partial charge in [-0.25, -0.2) is 0 Å². The van der Waals surface area contributed by atoms with Crippen LogP contribution in [0.2, 0.25) is 0 Å². The Balaban J connectivity index is -0.0000000143. The van der Waals surface area contributed by atoms with E-state index in [1.54, 1.807) is 0 Å². The zero-order valence-corrected chi connectivity index (χ0v) is 14.6. The van der Waals surface area contributed by atoms with Crippen molar-refractivity contribution in [2.45, 2.75) is 0 Å². The minimum Gasteiger partial charge on any atom is -0.772 e. The van der Waals surface area contributed by atoms with E-state index >= 15 is 0 Å². The average Bonchev–Trinajstić information content (AvgIpc) is 2.09. The van der Waals surface area contributed by atoms with Crippen LogP contribution in [0.25, 0.3) is 0 Å². The third-order valence-corrected chi connectivity index (χ3v) is 0. The summed E-state index contributed by atoms with van der Waals surface area (Å²) in [6.45, 7) is 0. The fraction of sp³-hybridized carbons (Fsp3) is 0. The van der Waals surface area contributed by atoms with Crippen molar-refractivity contribution in [3.8, 4) is 0 Å². The van der Waals surface area contributed by atoms with Crippen LogP contribution in [-0.2, 0) is 22.8 Å². The van der Waals surface area contributed by atoms with E-state index < -0.39 is 43.4 Å². The molecule has 0 saturated heterocycles. The fourth-order valence-electron chi connectivity index (χ4n) is 0. The van der Waals surface area contributed by atoms with Gasteiger partial charge in [0, 0.05) is 0 Å². The summed E-state index contributed by atoms with van der Waals surface area (Å²) in [7, 11) is -5.42. The van der Waals surface area contributed by atoms with Gasteiger partial charge in [-0.1, -0.05) is 0 Å². The summed E-state index contributed by atoms with van der Waals surface area (Å²) in [5.74, 6) is 0. The molecule has 0 bridgehead atoms. The molecule has 0 aromatic carbocycles. The van der Waals surface area contributed by atoms with Gasteiger partial charge in [0.05, 0.1) is 43.4 Å². The third kappa shape index (κ3) is 1680. The Morgan fingerprint density at radius 2 is 0.471 bits per heavy atom. The van der Waals surface area contributed by atoms with E-state index in [2.05, 4.69) is 0 Å². The van der Waals surface area contributed by atoms with Crippen molar-refractivity contribution in [3.63, 3.8) is 0 Å². The molecule has 90 valence electrons. The van der Waals surface area contributed by atoms with Gasteiger partial charge >= 0.3 is 40.4 Å². The number of rotatable bonds is 0. The number of hydrogen-bond acceptors (Lipinski definition) is 10. The molecular weight excluding hydrogens is 366 g/mol. The summed E-state index contributed by atoms with van der Waals surface area (Å²) < 4.78 is 41.7. The van der Waals surface area contributed by atoms with E-state index in [4.69, 9.17) is 47.3 Å². The van der Waals surface area contributed by atoms with Crippen LogP contribution in [0.1, 0.15) is 0 Å². The zero-order chi connectivity index (χ0) is 13.5. The molecule has 0 aromatic heterocycles. The van der Waals surface area contributed by atoms with E-state index in [1.165, 1.54) is 0 Å². The summed E-state index contributed by atoms with van der Waals surface area (Å²) in [6, 6.07) is 0. The monoisotopic (exact) mass is 366 g/mol. The summed E-state index contributed by atoms with van der Waals surface area (Å²) in [5, 5.41) is 0. The number of hydrogen-bond donors (Lipinski definition) is 0. The molecule has 0 aromatic rings. The molecule has 0 aliphatic heterocycles.